The molecule has 0 unspecified atom stereocenters. The number of benzene rings is 1. The predicted molar refractivity (Wildman–Crippen MR) is 74.7 cm³/mol. The molecule has 0 aliphatic rings. The largest absolute Gasteiger partial charge is 0.356 e. The fourth-order valence-electron chi connectivity index (χ4n) is 1.31. The quantitative estimate of drug-likeness (QED) is 0.605. The molecule has 2 nitrogen and oxygen atoms in total. The Labute approximate surface area is 112 Å². The van der Waals surface area contributed by atoms with E-state index in [2.05, 4.69) is 12.2 Å². The molecule has 0 atom stereocenters. The minimum atomic E-state index is 0.156. The van der Waals surface area contributed by atoms with E-state index >= 15 is 0 Å². The fourth-order valence-corrected chi connectivity index (χ4v) is 2.29. The number of rotatable bonds is 7. The molecule has 4 heteroatoms. The van der Waals surface area contributed by atoms with E-state index in [0.717, 1.165) is 30.2 Å². The summed E-state index contributed by atoms with van der Waals surface area (Å²) >= 11 is 7.56. The van der Waals surface area contributed by atoms with Gasteiger partial charge < -0.3 is 5.32 Å². The molecular formula is C13H18ClNOS. The van der Waals surface area contributed by atoms with Gasteiger partial charge in [0.2, 0.25) is 5.91 Å². The maximum atomic E-state index is 11.3. The lowest BCUT2D eigenvalue weighted by atomic mass is 10.3. The normalized spacial score (nSPS) is 10.2. The molecule has 94 valence electrons. The maximum absolute atomic E-state index is 11.3. The number of carbonyl (C=O) groups is 1. The van der Waals surface area contributed by atoms with Crippen molar-refractivity contribution in [3.05, 3.63) is 29.3 Å². The first kappa shape index (κ1) is 14.4. The van der Waals surface area contributed by atoms with Gasteiger partial charge >= 0.3 is 0 Å². The number of thioether (sulfide) groups is 1. The molecule has 17 heavy (non-hydrogen) atoms. The van der Waals surface area contributed by atoms with Gasteiger partial charge in [-0.15, -0.1) is 11.8 Å². The molecule has 0 heterocycles. The van der Waals surface area contributed by atoms with Crippen LogP contribution in [0.1, 0.15) is 26.2 Å². The second kappa shape index (κ2) is 8.43. The number of nitrogens with one attached hydrogen (secondary N) is 1. The van der Waals surface area contributed by atoms with Crippen molar-refractivity contribution in [1.29, 1.82) is 0 Å². The Hall–Kier alpha value is -0.670. The summed E-state index contributed by atoms with van der Waals surface area (Å²) in [6, 6.07) is 7.78. The standard InChI is InChI=1S/C13H18ClNOS/c1-2-9-15-13(16)4-3-10-17-12-7-5-11(14)6-8-12/h5-8H,2-4,9-10H2,1H3,(H,15,16). The minimum absolute atomic E-state index is 0.156. The van der Waals surface area contributed by atoms with Crippen molar-refractivity contribution in [2.75, 3.05) is 12.3 Å². The zero-order valence-electron chi connectivity index (χ0n) is 10.0. The van der Waals surface area contributed by atoms with Gasteiger partial charge in [-0.2, -0.15) is 0 Å². The topological polar surface area (TPSA) is 29.1 Å². The van der Waals surface area contributed by atoms with Crippen LogP contribution in [0.15, 0.2) is 29.2 Å². The van der Waals surface area contributed by atoms with Crippen molar-refractivity contribution in [1.82, 2.24) is 5.32 Å². The monoisotopic (exact) mass is 271 g/mol. The summed E-state index contributed by atoms with van der Waals surface area (Å²) in [5, 5.41) is 3.63. The van der Waals surface area contributed by atoms with Gasteiger partial charge in [0.1, 0.15) is 0 Å². The van der Waals surface area contributed by atoms with Crippen LogP contribution in [0.4, 0.5) is 0 Å². The van der Waals surface area contributed by atoms with E-state index in [4.69, 9.17) is 11.6 Å². The lowest BCUT2D eigenvalue weighted by molar-refractivity contribution is -0.121. The van der Waals surface area contributed by atoms with Gasteiger partial charge in [-0.25, -0.2) is 0 Å². The van der Waals surface area contributed by atoms with Crippen molar-refractivity contribution in [2.45, 2.75) is 31.1 Å². The summed E-state index contributed by atoms with van der Waals surface area (Å²) in [5.74, 6) is 1.12. The van der Waals surface area contributed by atoms with Crippen molar-refractivity contribution in [3.63, 3.8) is 0 Å². The highest BCUT2D eigenvalue weighted by Gasteiger charge is 2.00. The van der Waals surface area contributed by atoms with E-state index < -0.39 is 0 Å². The lowest BCUT2D eigenvalue weighted by Crippen LogP contribution is -2.23. The van der Waals surface area contributed by atoms with Gasteiger partial charge in [0.25, 0.3) is 0 Å². The molecule has 0 fully saturated rings. The molecule has 1 N–H and O–H groups in total. The number of carbonyl (C=O) groups excluding carboxylic acids is 1. The molecule has 0 saturated carbocycles. The third kappa shape index (κ3) is 6.59. The molecule has 0 aliphatic carbocycles. The van der Waals surface area contributed by atoms with Crippen LogP contribution in [0.3, 0.4) is 0 Å². The van der Waals surface area contributed by atoms with Crippen LogP contribution in [0, 0.1) is 0 Å². The lowest BCUT2D eigenvalue weighted by Gasteiger charge is -2.03. The maximum Gasteiger partial charge on any atom is 0.220 e. The average molecular weight is 272 g/mol. The van der Waals surface area contributed by atoms with Crippen LogP contribution in [0.2, 0.25) is 5.02 Å². The Bertz CT molecular complexity index is 340. The highest BCUT2D eigenvalue weighted by atomic mass is 35.5. The number of hydrogen-bond acceptors (Lipinski definition) is 2. The summed E-state index contributed by atoms with van der Waals surface area (Å²) in [5.41, 5.74) is 0. The summed E-state index contributed by atoms with van der Waals surface area (Å²) in [6.45, 7) is 2.83. The number of hydrogen-bond donors (Lipinski definition) is 1. The van der Waals surface area contributed by atoms with E-state index in [0.29, 0.717) is 6.42 Å². The van der Waals surface area contributed by atoms with Crippen LogP contribution >= 0.6 is 23.4 Å². The van der Waals surface area contributed by atoms with Gasteiger partial charge in [-0.05, 0) is 42.9 Å². The predicted octanol–water partition coefficient (Wildman–Crippen LogP) is 3.74. The van der Waals surface area contributed by atoms with Crippen molar-refractivity contribution < 1.29 is 4.79 Å². The van der Waals surface area contributed by atoms with E-state index in [1.807, 2.05) is 24.3 Å². The summed E-state index contributed by atoms with van der Waals surface area (Å²) in [7, 11) is 0. The zero-order valence-corrected chi connectivity index (χ0v) is 11.6. The Balaban J connectivity index is 2.11. The smallest absolute Gasteiger partial charge is 0.220 e. The molecule has 0 aliphatic heterocycles. The van der Waals surface area contributed by atoms with Crippen LogP contribution in [0.5, 0.6) is 0 Å². The van der Waals surface area contributed by atoms with Crippen molar-refractivity contribution in [2.24, 2.45) is 0 Å². The van der Waals surface area contributed by atoms with Gasteiger partial charge in [0.05, 0.1) is 0 Å². The summed E-state index contributed by atoms with van der Waals surface area (Å²) in [6.07, 6.45) is 2.51. The first-order chi connectivity index (χ1) is 8.22. The number of halogens is 1. The molecule has 0 aromatic heterocycles. The molecule has 1 amide bonds. The zero-order chi connectivity index (χ0) is 12.5. The molecule has 0 spiro atoms. The van der Waals surface area contributed by atoms with Crippen LogP contribution < -0.4 is 5.32 Å². The van der Waals surface area contributed by atoms with E-state index in [1.165, 1.54) is 4.90 Å². The second-order valence-corrected chi connectivity index (χ2v) is 5.36. The van der Waals surface area contributed by atoms with Crippen LogP contribution in [-0.4, -0.2) is 18.2 Å². The van der Waals surface area contributed by atoms with Crippen molar-refractivity contribution >= 4 is 29.3 Å². The van der Waals surface area contributed by atoms with E-state index in [-0.39, 0.29) is 5.91 Å². The third-order valence-electron chi connectivity index (χ3n) is 2.20. The Morgan fingerprint density at radius 3 is 2.71 bits per heavy atom. The average Bonchev–Trinajstić information content (AvgIpc) is 2.34. The molecule has 0 radical (unpaired) electrons. The second-order valence-electron chi connectivity index (χ2n) is 3.76. The fraction of sp³-hybridized carbons (Fsp3) is 0.462. The van der Waals surface area contributed by atoms with Gasteiger partial charge in [-0.1, -0.05) is 18.5 Å². The summed E-state index contributed by atoms with van der Waals surface area (Å²) in [4.78, 5) is 12.5. The molecule has 1 aromatic carbocycles. The first-order valence-electron chi connectivity index (χ1n) is 5.87. The Morgan fingerprint density at radius 2 is 2.06 bits per heavy atom. The van der Waals surface area contributed by atoms with Crippen LogP contribution in [0.25, 0.3) is 0 Å². The summed E-state index contributed by atoms with van der Waals surface area (Å²) < 4.78 is 0. The SMILES string of the molecule is CCCNC(=O)CCCSc1ccc(Cl)cc1. The van der Waals surface area contributed by atoms with Gasteiger partial charge in [-0.3, -0.25) is 4.79 Å². The number of amides is 1. The van der Waals surface area contributed by atoms with Gasteiger partial charge in [0.15, 0.2) is 0 Å². The highest BCUT2D eigenvalue weighted by Crippen LogP contribution is 2.21. The molecular weight excluding hydrogens is 254 g/mol. The molecule has 0 saturated heterocycles. The molecule has 1 aromatic rings. The minimum Gasteiger partial charge on any atom is -0.356 e. The Kier molecular flexibility index (Phi) is 7.13. The Morgan fingerprint density at radius 1 is 1.35 bits per heavy atom. The van der Waals surface area contributed by atoms with E-state index in [1.54, 1.807) is 11.8 Å². The highest BCUT2D eigenvalue weighted by molar-refractivity contribution is 7.99. The molecule has 0 bridgehead atoms. The van der Waals surface area contributed by atoms with Crippen LogP contribution in [-0.2, 0) is 4.79 Å². The third-order valence-corrected chi connectivity index (χ3v) is 3.55. The first-order valence-corrected chi connectivity index (χ1v) is 7.24. The van der Waals surface area contributed by atoms with E-state index in [9.17, 15) is 4.79 Å². The molecule has 1 rings (SSSR count). The van der Waals surface area contributed by atoms with Crippen molar-refractivity contribution in [3.8, 4) is 0 Å². The van der Waals surface area contributed by atoms with Gasteiger partial charge in [0, 0.05) is 22.9 Å².